The molecule has 1 aromatic carbocycles. The summed E-state index contributed by atoms with van der Waals surface area (Å²) in [4.78, 5) is 18.6. The Balaban J connectivity index is 1.28. The van der Waals surface area contributed by atoms with Crippen LogP contribution in [0.3, 0.4) is 0 Å². The minimum atomic E-state index is -4.83. The Morgan fingerprint density at radius 2 is 1.88 bits per heavy atom. The van der Waals surface area contributed by atoms with E-state index in [0.29, 0.717) is 35.2 Å². The van der Waals surface area contributed by atoms with Crippen molar-refractivity contribution in [1.29, 1.82) is 0 Å². The second-order valence-electron chi connectivity index (χ2n) is 10.1. The number of ether oxygens (including phenoxy) is 3. The molecule has 0 bridgehead atoms. The molecule has 1 aliphatic carbocycles. The fourth-order valence-corrected chi connectivity index (χ4v) is 5.41. The number of esters is 1. The van der Waals surface area contributed by atoms with E-state index in [1.165, 1.54) is 25.4 Å². The Morgan fingerprint density at radius 1 is 1.10 bits per heavy atom. The Morgan fingerprint density at radius 3 is 2.55 bits per heavy atom. The molecule has 11 heteroatoms. The van der Waals surface area contributed by atoms with Gasteiger partial charge in [0.15, 0.2) is 0 Å². The summed E-state index contributed by atoms with van der Waals surface area (Å²) in [5.74, 6) is 0.916. The normalized spacial score (nSPS) is 19.2. The van der Waals surface area contributed by atoms with Crippen molar-refractivity contribution in [3.05, 3.63) is 59.5 Å². The van der Waals surface area contributed by atoms with Crippen LogP contribution in [-0.4, -0.2) is 48.3 Å². The van der Waals surface area contributed by atoms with Crippen molar-refractivity contribution in [2.24, 2.45) is 0 Å². The quantitative estimate of drug-likeness (QED) is 0.191. The standard InChI is InChI=1S/C29H32F3N3O5/c1-3-20-11-12-21(35(20)25-13-10-19(16-33-25)28(36)37-2)14-15-38-17-23-26(34-40-27(23)18-8-9-18)22-6-4-5-7-24(22)39-29(30,31)32/h4-7,10,13,16,18,20-21H,3,8-9,11-12,14-15,17H2,1-2H3/t20?,21-/m0/s1. The molecule has 1 aliphatic heterocycles. The predicted molar refractivity (Wildman–Crippen MR) is 140 cm³/mol. The molecular formula is C29H32F3N3O5. The Kier molecular flexibility index (Phi) is 8.30. The minimum Gasteiger partial charge on any atom is -0.465 e. The highest BCUT2D eigenvalue weighted by atomic mass is 19.4. The Hall–Kier alpha value is -3.60. The van der Waals surface area contributed by atoms with Gasteiger partial charge in [0.25, 0.3) is 0 Å². The maximum atomic E-state index is 13.0. The van der Waals surface area contributed by atoms with Crippen molar-refractivity contribution >= 4 is 11.8 Å². The van der Waals surface area contributed by atoms with Crippen LogP contribution in [0, 0.1) is 0 Å². The van der Waals surface area contributed by atoms with Crippen molar-refractivity contribution < 1.29 is 36.7 Å². The summed E-state index contributed by atoms with van der Waals surface area (Å²) in [6.45, 7) is 2.75. The fraction of sp³-hybridized carbons (Fsp3) is 0.483. The predicted octanol–water partition coefficient (Wildman–Crippen LogP) is 6.65. The van der Waals surface area contributed by atoms with Crippen LogP contribution in [0.5, 0.6) is 5.75 Å². The Labute approximate surface area is 230 Å². The molecule has 0 spiro atoms. The molecule has 1 saturated carbocycles. The van der Waals surface area contributed by atoms with Gasteiger partial charge in [-0.1, -0.05) is 24.2 Å². The monoisotopic (exact) mass is 559 g/mol. The molecule has 0 amide bonds. The van der Waals surface area contributed by atoms with Crippen LogP contribution in [-0.2, 0) is 16.1 Å². The largest absolute Gasteiger partial charge is 0.573 e. The molecule has 2 fully saturated rings. The van der Waals surface area contributed by atoms with E-state index < -0.39 is 12.3 Å². The molecule has 0 N–H and O–H groups in total. The summed E-state index contributed by atoms with van der Waals surface area (Å²) in [7, 11) is 1.34. The van der Waals surface area contributed by atoms with E-state index in [1.807, 2.05) is 6.07 Å². The summed E-state index contributed by atoms with van der Waals surface area (Å²) in [6, 6.07) is 10.0. The van der Waals surface area contributed by atoms with Crippen LogP contribution in [0.2, 0.25) is 0 Å². The molecule has 2 aliphatic rings. The number of halogens is 3. The highest BCUT2D eigenvalue weighted by molar-refractivity contribution is 5.89. The van der Waals surface area contributed by atoms with E-state index >= 15 is 0 Å². The average Bonchev–Trinajstić information content (AvgIpc) is 3.57. The number of rotatable bonds is 11. The number of hydrogen-bond acceptors (Lipinski definition) is 8. The summed E-state index contributed by atoms with van der Waals surface area (Å²) in [5, 5.41) is 4.14. The van der Waals surface area contributed by atoms with Gasteiger partial charge in [-0.05, 0) is 62.8 Å². The van der Waals surface area contributed by atoms with Gasteiger partial charge in [0.2, 0.25) is 0 Å². The molecule has 5 rings (SSSR count). The van der Waals surface area contributed by atoms with Gasteiger partial charge >= 0.3 is 12.3 Å². The Bertz CT molecular complexity index is 1310. The first-order valence-electron chi connectivity index (χ1n) is 13.5. The van der Waals surface area contributed by atoms with Gasteiger partial charge in [0.05, 0.1) is 19.3 Å². The third kappa shape index (κ3) is 6.24. The fourth-order valence-electron chi connectivity index (χ4n) is 5.41. The smallest absolute Gasteiger partial charge is 0.465 e. The molecule has 3 heterocycles. The van der Waals surface area contributed by atoms with Gasteiger partial charge in [-0.2, -0.15) is 0 Å². The summed E-state index contributed by atoms with van der Waals surface area (Å²) >= 11 is 0. The first-order chi connectivity index (χ1) is 19.3. The maximum Gasteiger partial charge on any atom is 0.573 e. The number of aromatic nitrogens is 2. The van der Waals surface area contributed by atoms with Crippen LogP contribution in [0.15, 0.2) is 47.1 Å². The number of benzene rings is 1. The number of nitrogens with zero attached hydrogens (tertiary/aromatic N) is 3. The SMILES string of the molecule is CCC1CC[C@@H](CCOCc2c(-c3ccccc3OC(F)(F)F)noc2C2CC2)N1c1ccc(C(=O)OC)cn1. The highest BCUT2D eigenvalue weighted by Gasteiger charge is 2.36. The van der Waals surface area contributed by atoms with Crippen LogP contribution in [0.25, 0.3) is 11.3 Å². The lowest BCUT2D eigenvalue weighted by Gasteiger charge is -2.31. The number of alkyl halides is 3. The topological polar surface area (TPSA) is 86.9 Å². The van der Waals surface area contributed by atoms with E-state index in [4.69, 9.17) is 14.0 Å². The zero-order valence-corrected chi connectivity index (χ0v) is 22.4. The highest BCUT2D eigenvalue weighted by Crippen LogP contribution is 2.45. The van der Waals surface area contributed by atoms with Crippen LogP contribution in [0.4, 0.5) is 19.0 Å². The second-order valence-corrected chi connectivity index (χ2v) is 10.1. The van der Waals surface area contributed by atoms with E-state index in [-0.39, 0.29) is 29.9 Å². The van der Waals surface area contributed by atoms with Gasteiger partial charge in [-0.25, -0.2) is 9.78 Å². The van der Waals surface area contributed by atoms with Crippen molar-refractivity contribution in [2.45, 2.75) is 76.4 Å². The third-order valence-electron chi connectivity index (χ3n) is 7.50. The van der Waals surface area contributed by atoms with Gasteiger partial charge in [0.1, 0.15) is 23.0 Å². The zero-order chi connectivity index (χ0) is 28.3. The number of carbonyl (C=O) groups is 1. The number of anilines is 1. The number of hydrogen-bond donors (Lipinski definition) is 0. The molecule has 2 atom stereocenters. The number of para-hydroxylation sites is 1. The third-order valence-corrected chi connectivity index (χ3v) is 7.50. The number of methoxy groups -OCH3 is 1. The lowest BCUT2D eigenvalue weighted by atomic mass is 10.0. The van der Waals surface area contributed by atoms with Crippen LogP contribution in [0.1, 0.15) is 73.0 Å². The zero-order valence-electron chi connectivity index (χ0n) is 22.4. The van der Waals surface area contributed by atoms with Crippen molar-refractivity contribution in [3.63, 3.8) is 0 Å². The van der Waals surface area contributed by atoms with Gasteiger partial charge in [0, 0.05) is 41.9 Å². The molecule has 214 valence electrons. The second kappa shape index (κ2) is 11.9. The molecule has 40 heavy (non-hydrogen) atoms. The van der Waals surface area contributed by atoms with E-state index in [2.05, 4.69) is 26.7 Å². The van der Waals surface area contributed by atoms with E-state index in [0.717, 1.165) is 44.3 Å². The molecule has 3 aromatic rings. The van der Waals surface area contributed by atoms with E-state index in [1.54, 1.807) is 18.2 Å². The van der Waals surface area contributed by atoms with Crippen LogP contribution >= 0.6 is 0 Å². The summed E-state index contributed by atoms with van der Waals surface area (Å²) in [5.41, 5.74) is 1.58. The van der Waals surface area contributed by atoms with Crippen molar-refractivity contribution in [2.75, 3.05) is 18.6 Å². The van der Waals surface area contributed by atoms with Gasteiger partial charge in [-0.15, -0.1) is 13.2 Å². The first-order valence-corrected chi connectivity index (χ1v) is 13.5. The molecule has 1 unspecified atom stereocenters. The van der Waals surface area contributed by atoms with E-state index in [9.17, 15) is 18.0 Å². The molecule has 8 nitrogen and oxygen atoms in total. The van der Waals surface area contributed by atoms with Crippen molar-refractivity contribution in [3.8, 4) is 17.0 Å². The van der Waals surface area contributed by atoms with Crippen LogP contribution < -0.4 is 9.64 Å². The molecule has 0 radical (unpaired) electrons. The first kappa shape index (κ1) is 27.9. The number of carbonyl (C=O) groups excluding carboxylic acids is 1. The lowest BCUT2D eigenvalue weighted by Crippen LogP contribution is -2.37. The summed E-state index contributed by atoms with van der Waals surface area (Å²) in [6.07, 6.45) is 2.31. The maximum absolute atomic E-state index is 13.0. The minimum absolute atomic E-state index is 0.168. The van der Waals surface area contributed by atoms with Crippen molar-refractivity contribution in [1.82, 2.24) is 10.1 Å². The average molecular weight is 560 g/mol. The molecular weight excluding hydrogens is 527 g/mol. The molecule has 2 aromatic heterocycles. The number of pyridine rings is 1. The summed E-state index contributed by atoms with van der Waals surface area (Å²) < 4.78 is 59.9. The molecule has 1 saturated heterocycles. The lowest BCUT2D eigenvalue weighted by molar-refractivity contribution is -0.274. The van der Waals surface area contributed by atoms with Gasteiger partial charge in [-0.3, -0.25) is 0 Å². The van der Waals surface area contributed by atoms with Gasteiger partial charge < -0.3 is 23.6 Å².